The van der Waals surface area contributed by atoms with Crippen molar-refractivity contribution in [3.8, 4) is 11.4 Å². The van der Waals surface area contributed by atoms with E-state index in [9.17, 15) is 9.59 Å². The number of amides is 1. The van der Waals surface area contributed by atoms with Gasteiger partial charge in [0.05, 0.1) is 5.75 Å². The van der Waals surface area contributed by atoms with Gasteiger partial charge in [0.2, 0.25) is 5.91 Å². The molecule has 1 amide bonds. The number of anilines is 1. The van der Waals surface area contributed by atoms with Gasteiger partial charge in [-0.2, -0.15) is 0 Å². The number of para-hydroxylation sites is 2. The average molecular weight is 499 g/mol. The molecule has 1 aliphatic heterocycles. The van der Waals surface area contributed by atoms with E-state index in [-0.39, 0.29) is 24.1 Å². The van der Waals surface area contributed by atoms with E-state index >= 15 is 0 Å². The third kappa shape index (κ3) is 5.33. The van der Waals surface area contributed by atoms with Crippen molar-refractivity contribution >= 4 is 29.1 Å². The zero-order valence-electron chi connectivity index (χ0n) is 19.9. The molecule has 0 saturated carbocycles. The lowest BCUT2D eigenvalue weighted by atomic mass is 10.0. The summed E-state index contributed by atoms with van der Waals surface area (Å²) >= 11 is 1.35. The molecule has 5 rings (SSSR count). The minimum atomic E-state index is -0.00121. The second-order valence-electron chi connectivity index (χ2n) is 8.61. The molecule has 0 radical (unpaired) electrons. The van der Waals surface area contributed by atoms with E-state index < -0.39 is 0 Å². The predicted molar refractivity (Wildman–Crippen MR) is 140 cm³/mol. The van der Waals surface area contributed by atoms with Crippen molar-refractivity contribution in [3.05, 3.63) is 95.3 Å². The fourth-order valence-electron chi connectivity index (χ4n) is 4.15. The molecule has 1 aromatic heterocycles. The number of nitrogens with one attached hydrogen (secondary N) is 1. The zero-order chi connectivity index (χ0) is 24.9. The highest BCUT2D eigenvalue weighted by atomic mass is 32.2. The van der Waals surface area contributed by atoms with Gasteiger partial charge in [0.15, 0.2) is 16.8 Å². The number of hydrogen-bond acceptors (Lipinski definition) is 6. The van der Waals surface area contributed by atoms with Crippen LogP contribution in [0.3, 0.4) is 0 Å². The molecule has 4 aromatic rings. The molecule has 182 valence electrons. The second-order valence-corrected chi connectivity index (χ2v) is 9.55. The summed E-state index contributed by atoms with van der Waals surface area (Å²) in [6, 6.07) is 23.2. The molecule has 1 N–H and O–H groups in total. The van der Waals surface area contributed by atoms with Crippen molar-refractivity contribution in [2.45, 2.75) is 37.9 Å². The van der Waals surface area contributed by atoms with Crippen molar-refractivity contribution in [1.29, 1.82) is 0 Å². The number of benzene rings is 3. The lowest BCUT2D eigenvalue weighted by molar-refractivity contribution is -0.116. The number of fused-ring (bicyclic) bond motifs is 1. The first kappa shape index (κ1) is 23.8. The number of aromatic nitrogens is 3. The molecule has 0 spiro atoms. The Morgan fingerprint density at radius 1 is 1.03 bits per heavy atom. The number of nitrogens with zero attached hydrogens (tertiary/aromatic N) is 3. The van der Waals surface area contributed by atoms with Crippen LogP contribution in [0.25, 0.3) is 5.69 Å². The number of carbonyl (C=O) groups excluding carboxylic acids is 2. The number of hydrogen-bond donors (Lipinski definition) is 1. The summed E-state index contributed by atoms with van der Waals surface area (Å²) in [7, 11) is 0. The number of ketones is 1. The molecule has 7 nitrogen and oxygen atoms in total. The van der Waals surface area contributed by atoms with Crippen molar-refractivity contribution in [3.63, 3.8) is 0 Å². The molecular formula is C28H26N4O3S. The average Bonchev–Trinajstić information content (AvgIpc) is 3.20. The van der Waals surface area contributed by atoms with E-state index in [4.69, 9.17) is 4.74 Å². The summed E-state index contributed by atoms with van der Waals surface area (Å²) < 4.78 is 7.97. The number of ether oxygens (including phenoxy) is 1. The van der Waals surface area contributed by atoms with Gasteiger partial charge in [-0.3, -0.25) is 14.2 Å². The highest BCUT2D eigenvalue weighted by Crippen LogP contribution is 2.27. The maximum atomic E-state index is 13.1. The predicted octanol–water partition coefficient (Wildman–Crippen LogP) is 5.40. The fourth-order valence-corrected chi connectivity index (χ4v) is 5.01. The highest BCUT2D eigenvalue weighted by Gasteiger charge is 2.19. The van der Waals surface area contributed by atoms with Gasteiger partial charge in [0, 0.05) is 23.4 Å². The normalized spacial score (nSPS) is 13.0. The van der Waals surface area contributed by atoms with E-state index in [1.54, 1.807) is 6.07 Å². The van der Waals surface area contributed by atoms with Gasteiger partial charge in [-0.15, -0.1) is 10.2 Å². The number of aryl methyl sites for hydroxylation is 2. The van der Waals surface area contributed by atoms with E-state index in [0.29, 0.717) is 23.0 Å². The van der Waals surface area contributed by atoms with Gasteiger partial charge >= 0.3 is 0 Å². The summed E-state index contributed by atoms with van der Waals surface area (Å²) in [5.41, 5.74) is 4.38. The van der Waals surface area contributed by atoms with Crippen LogP contribution in [0.5, 0.6) is 5.75 Å². The van der Waals surface area contributed by atoms with Gasteiger partial charge in [0.1, 0.15) is 12.4 Å². The third-order valence-corrected chi connectivity index (χ3v) is 6.98. The van der Waals surface area contributed by atoms with Gasteiger partial charge in [-0.1, -0.05) is 48.2 Å². The summed E-state index contributed by atoms with van der Waals surface area (Å²) in [4.78, 5) is 24.9. The first-order chi connectivity index (χ1) is 17.6. The third-order valence-electron chi connectivity index (χ3n) is 6.05. The van der Waals surface area contributed by atoms with Gasteiger partial charge in [0.25, 0.3) is 0 Å². The lowest BCUT2D eigenvalue weighted by Gasteiger charge is -2.12. The Balaban J connectivity index is 1.34. The Kier molecular flexibility index (Phi) is 7.13. The van der Waals surface area contributed by atoms with Crippen LogP contribution in [-0.2, 0) is 17.8 Å². The van der Waals surface area contributed by atoms with Crippen LogP contribution in [0.4, 0.5) is 5.69 Å². The first-order valence-corrected chi connectivity index (χ1v) is 12.8. The number of thioether (sulfide) groups is 1. The summed E-state index contributed by atoms with van der Waals surface area (Å²) in [6.07, 6.45) is 2.05. The van der Waals surface area contributed by atoms with Crippen LogP contribution < -0.4 is 10.1 Å². The molecular weight excluding hydrogens is 472 g/mol. The SMILES string of the molecule is Cc1ccccc1OCc1nnc(SCC(=O)c2ccc3c(c2)CCCC(=O)N3)n1-c1ccccc1. The van der Waals surface area contributed by atoms with Crippen molar-refractivity contribution in [2.75, 3.05) is 11.1 Å². The Bertz CT molecular complexity index is 1400. The van der Waals surface area contributed by atoms with Crippen molar-refractivity contribution in [2.24, 2.45) is 0 Å². The van der Waals surface area contributed by atoms with Crippen LogP contribution in [0.2, 0.25) is 0 Å². The van der Waals surface area contributed by atoms with E-state index in [2.05, 4.69) is 15.5 Å². The molecule has 2 heterocycles. The van der Waals surface area contributed by atoms with E-state index in [1.807, 2.05) is 78.2 Å². The van der Waals surface area contributed by atoms with Crippen LogP contribution in [0.1, 0.15) is 40.2 Å². The van der Waals surface area contributed by atoms with Crippen LogP contribution in [0, 0.1) is 6.92 Å². The minimum Gasteiger partial charge on any atom is -0.485 e. The molecule has 0 aliphatic carbocycles. The number of carbonyl (C=O) groups is 2. The Morgan fingerprint density at radius 3 is 2.67 bits per heavy atom. The molecule has 1 aliphatic rings. The molecule has 36 heavy (non-hydrogen) atoms. The Hall–Kier alpha value is -3.91. The first-order valence-electron chi connectivity index (χ1n) is 11.9. The van der Waals surface area contributed by atoms with Gasteiger partial charge in [-0.05, 0) is 67.3 Å². The fraction of sp³-hybridized carbons (Fsp3) is 0.214. The second kappa shape index (κ2) is 10.8. The van der Waals surface area contributed by atoms with Gasteiger partial charge in [-0.25, -0.2) is 0 Å². The minimum absolute atomic E-state index is 0.00121. The lowest BCUT2D eigenvalue weighted by Crippen LogP contribution is -2.10. The van der Waals surface area contributed by atoms with Crippen LogP contribution in [-0.4, -0.2) is 32.2 Å². The molecule has 8 heteroatoms. The maximum Gasteiger partial charge on any atom is 0.224 e. The quantitative estimate of drug-likeness (QED) is 0.258. The maximum absolute atomic E-state index is 13.1. The smallest absolute Gasteiger partial charge is 0.224 e. The van der Waals surface area contributed by atoms with E-state index in [1.165, 1.54) is 11.8 Å². The molecule has 0 saturated heterocycles. The van der Waals surface area contributed by atoms with Crippen molar-refractivity contribution in [1.82, 2.24) is 14.8 Å². The number of Topliss-reactive ketones (excluding diaryl/α,β-unsaturated/α-hetero) is 1. The van der Waals surface area contributed by atoms with Crippen LogP contribution >= 0.6 is 11.8 Å². The largest absolute Gasteiger partial charge is 0.485 e. The topological polar surface area (TPSA) is 86.1 Å². The molecule has 0 fully saturated rings. The summed E-state index contributed by atoms with van der Waals surface area (Å²) in [6.45, 7) is 2.25. The molecule has 0 atom stereocenters. The van der Waals surface area contributed by atoms with E-state index in [0.717, 1.165) is 41.1 Å². The Morgan fingerprint density at radius 2 is 1.83 bits per heavy atom. The Labute approximate surface area is 213 Å². The number of rotatable bonds is 8. The highest BCUT2D eigenvalue weighted by molar-refractivity contribution is 7.99. The van der Waals surface area contributed by atoms with Gasteiger partial charge < -0.3 is 10.1 Å². The molecule has 0 bridgehead atoms. The molecule has 0 unspecified atom stereocenters. The summed E-state index contributed by atoms with van der Waals surface area (Å²) in [5.74, 6) is 1.68. The monoisotopic (exact) mass is 498 g/mol. The van der Waals surface area contributed by atoms with Crippen LogP contribution in [0.15, 0.2) is 78.0 Å². The zero-order valence-corrected chi connectivity index (χ0v) is 20.8. The molecule has 3 aromatic carbocycles. The standard InChI is InChI=1S/C28H26N4O3S/c1-19-8-5-6-12-25(19)35-17-26-30-31-28(32(26)22-10-3-2-4-11-22)36-18-24(33)21-14-15-23-20(16-21)9-7-13-27(34)29-23/h2-6,8,10-12,14-16H,7,9,13,17-18H2,1H3,(H,29,34). The summed E-state index contributed by atoms with van der Waals surface area (Å²) in [5, 5.41) is 12.3. The van der Waals surface area contributed by atoms with Crippen molar-refractivity contribution < 1.29 is 14.3 Å².